The zero-order valence-corrected chi connectivity index (χ0v) is 11.8. The Hall–Kier alpha value is -1.26. The van der Waals surface area contributed by atoms with Crippen molar-refractivity contribution in [3.63, 3.8) is 0 Å². The molecule has 2 unspecified atom stereocenters. The number of methoxy groups -OCH3 is 1. The summed E-state index contributed by atoms with van der Waals surface area (Å²) < 4.78 is 5.44. The van der Waals surface area contributed by atoms with Crippen LogP contribution in [-0.4, -0.2) is 31.9 Å². The number of ether oxygens (including phenoxy) is 1. The molecule has 1 aliphatic heterocycles. The van der Waals surface area contributed by atoms with E-state index in [0.29, 0.717) is 5.92 Å². The fraction of sp³-hybridized carbons (Fsp3) is 0.600. The van der Waals surface area contributed by atoms with Crippen LogP contribution < -0.4 is 15.4 Å². The van der Waals surface area contributed by atoms with E-state index in [4.69, 9.17) is 10.5 Å². The Labute approximate surface area is 115 Å². The average molecular weight is 264 g/mol. The minimum atomic E-state index is -0.0688. The predicted octanol–water partition coefficient (Wildman–Crippen LogP) is 1.92. The number of aliphatic hydroxyl groups is 1. The number of aliphatic hydroxyl groups excluding tert-OH is 1. The number of nitrogens with two attached hydrogens (primary N) is 1. The fourth-order valence-corrected chi connectivity index (χ4v) is 2.88. The molecule has 2 rings (SSSR count). The first kappa shape index (κ1) is 14.2. The van der Waals surface area contributed by atoms with E-state index >= 15 is 0 Å². The van der Waals surface area contributed by atoms with Crippen molar-refractivity contribution in [1.82, 2.24) is 0 Å². The van der Waals surface area contributed by atoms with Crippen molar-refractivity contribution in [3.8, 4) is 5.75 Å². The molecule has 1 aromatic carbocycles. The molecule has 0 bridgehead atoms. The van der Waals surface area contributed by atoms with Gasteiger partial charge in [-0.05, 0) is 37.8 Å². The number of rotatable bonds is 4. The predicted molar refractivity (Wildman–Crippen MR) is 77.6 cm³/mol. The second-order valence-corrected chi connectivity index (χ2v) is 5.32. The first-order valence-corrected chi connectivity index (χ1v) is 6.95. The first-order valence-electron chi connectivity index (χ1n) is 6.95. The second kappa shape index (κ2) is 6.26. The highest BCUT2D eigenvalue weighted by Gasteiger charge is 2.23. The Morgan fingerprint density at radius 1 is 1.53 bits per heavy atom. The zero-order chi connectivity index (χ0) is 13.8. The van der Waals surface area contributed by atoms with E-state index in [0.717, 1.165) is 42.9 Å². The number of hydrogen-bond acceptors (Lipinski definition) is 4. The van der Waals surface area contributed by atoms with Crippen LogP contribution >= 0.6 is 0 Å². The fourth-order valence-electron chi connectivity index (χ4n) is 2.88. The van der Waals surface area contributed by atoms with Crippen molar-refractivity contribution in [1.29, 1.82) is 0 Å². The summed E-state index contributed by atoms with van der Waals surface area (Å²) in [6.45, 7) is 4.15. The van der Waals surface area contributed by atoms with Crippen LogP contribution in [0.5, 0.6) is 5.75 Å². The Morgan fingerprint density at radius 2 is 2.32 bits per heavy atom. The number of benzene rings is 1. The molecule has 0 radical (unpaired) electrons. The van der Waals surface area contributed by atoms with Crippen molar-refractivity contribution >= 4 is 5.69 Å². The lowest BCUT2D eigenvalue weighted by molar-refractivity contribution is 0.208. The molecule has 1 fully saturated rings. The van der Waals surface area contributed by atoms with Crippen molar-refractivity contribution in [2.75, 3.05) is 31.7 Å². The van der Waals surface area contributed by atoms with Gasteiger partial charge in [-0.15, -0.1) is 0 Å². The van der Waals surface area contributed by atoms with Gasteiger partial charge >= 0.3 is 0 Å². The molecule has 1 saturated heterocycles. The van der Waals surface area contributed by atoms with Crippen LogP contribution in [0.1, 0.15) is 31.4 Å². The molecule has 1 aromatic rings. The van der Waals surface area contributed by atoms with Crippen LogP contribution in [-0.2, 0) is 0 Å². The number of nitrogens with zero attached hydrogens (tertiary/aromatic N) is 1. The van der Waals surface area contributed by atoms with Crippen molar-refractivity contribution < 1.29 is 9.84 Å². The molecular weight excluding hydrogens is 240 g/mol. The van der Waals surface area contributed by atoms with E-state index in [2.05, 4.69) is 11.0 Å². The van der Waals surface area contributed by atoms with E-state index in [1.807, 2.05) is 19.1 Å². The lowest BCUT2D eigenvalue weighted by Crippen LogP contribution is -2.37. The maximum atomic E-state index is 9.36. The third-order valence-electron chi connectivity index (χ3n) is 3.84. The van der Waals surface area contributed by atoms with Crippen LogP contribution in [0.4, 0.5) is 5.69 Å². The highest BCUT2D eigenvalue weighted by Crippen LogP contribution is 2.35. The molecule has 0 spiro atoms. The lowest BCUT2D eigenvalue weighted by Gasteiger charge is -2.35. The third-order valence-corrected chi connectivity index (χ3v) is 3.84. The quantitative estimate of drug-likeness (QED) is 0.872. The van der Waals surface area contributed by atoms with Gasteiger partial charge in [0.2, 0.25) is 0 Å². The molecule has 4 heteroatoms. The van der Waals surface area contributed by atoms with Gasteiger partial charge in [0.15, 0.2) is 0 Å². The summed E-state index contributed by atoms with van der Waals surface area (Å²) in [6.07, 6.45) is 2.21. The van der Waals surface area contributed by atoms with Crippen molar-refractivity contribution in [2.45, 2.75) is 25.8 Å². The van der Waals surface area contributed by atoms with Gasteiger partial charge < -0.3 is 20.5 Å². The zero-order valence-electron chi connectivity index (χ0n) is 11.8. The second-order valence-electron chi connectivity index (χ2n) is 5.32. The molecule has 3 N–H and O–H groups in total. The molecule has 0 aliphatic carbocycles. The molecular formula is C15H24N2O2. The lowest BCUT2D eigenvalue weighted by atomic mass is 9.96. The van der Waals surface area contributed by atoms with Gasteiger partial charge in [0.25, 0.3) is 0 Å². The smallest absolute Gasteiger partial charge is 0.125 e. The topological polar surface area (TPSA) is 58.7 Å². The number of hydrogen-bond donors (Lipinski definition) is 2. The van der Waals surface area contributed by atoms with Gasteiger partial charge in [0, 0.05) is 37.0 Å². The van der Waals surface area contributed by atoms with Crippen LogP contribution in [0.2, 0.25) is 0 Å². The molecule has 19 heavy (non-hydrogen) atoms. The van der Waals surface area contributed by atoms with E-state index in [1.54, 1.807) is 7.11 Å². The van der Waals surface area contributed by atoms with Gasteiger partial charge in [-0.3, -0.25) is 0 Å². The summed E-state index contributed by atoms with van der Waals surface area (Å²) in [5.41, 5.74) is 8.31. The summed E-state index contributed by atoms with van der Waals surface area (Å²) in [6, 6.07) is 5.99. The van der Waals surface area contributed by atoms with Gasteiger partial charge in [-0.25, -0.2) is 0 Å². The summed E-state index contributed by atoms with van der Waals surface area (Å²) in [4.78, 5) is 2.32. The van der Waals surface area contributed by atoms with Crippen LogP contribution in [0, 0.1) is 5.92 Å². The molecule has 4 nitrogen and oxygen atoms in total. The maximum Gasteiger partial charge on any atom is 0.125 e. The molecule has 1 aliphatic rings. The van der Waals surface area contributed by atoms with Crippen molar-refractivity contribution in [3.05, 3.63) is 23.8 Å². The number of piperidine rings is 1. The summed E-state index contributed by atoms with van der Waals surface area (Å²) in [7, 11) is 1.68. The molecule has 0 aromatic heterocycles. The SMILES string of the molecule is COc1cccc(N2CCCC(CO)C2)c1C(C)N. The summed E-state index contributed by atoms with van der Waals surface area (Å²) in [5, 5.41) is 9.36. The van der Waals surface area contributed by atoms with Crippen LogP contribution in [0.15, 0.2) is 18.2 Å². The summed E-state index contributed by atoms with van der Waals surface area (Å²) in [5.74, 6) is 1.21. The van der Waals surface area contributed by atoms with Gasteiger partial charge in [0.05, 0.1) is 7.11 Å². The standard InChI is InChI=1S/C15H24N2O2/c1-11(16)15-13(6-3-7-14(15)19-2)17-8-4-5-12(9-17)10-18/h3,6-7,11-12,18H,4-5,8-10,16H2,1-2H3. The van der Waals surface area contributed by atoms with Gasteiger partial charge in [-0.1, -0.05) is 6.07 Å². The molecule has 0 saturated carbocycles. The monoisotopic (exact) mass is 264 g/mol. The van der Waals surface area contributed by atoms with E-state index in [-0.39, 0.29) is 12.6 Å². The molecule has 1 heterocycles. The average Bonchev–Trinajstić information content (AvgIpc) is 2.46. The Bertz CT molecular complexity index is 421. The minimum absolute atomic E-state index is 0.0688. The minimum Gasteiger partial charge on any atom is -0.496 e. The van der Waals surface area contributed by atoms with Gasteiger partial charge in [-0.2, -0.15) is 0 Å². The number of anilines is 1. The molecule has 0 amide bonds. The summed E-state index contributed by atoms with van der Waals surface area (Å²) >= 11 is 0. The molecule has 106 valence electrons. The molecule has 2 atom stereocenters. The maximum absolute atomic E-state index is 9.36. The highest BCUT2D eigenvalue weighted by atomic mass is 16.5. The highest BCUT2D eigenvalue weighted by molar-refractivity contribution is 5.61. The van der Waals surface area contributed by atoms with E-state index < -0.39 is 0 Å². The Kier molecular flexibility index (Phi) is 4.66. The van der Waals surface area contributed by atoms with E-state index in [9.17, 15) is 5.11 Å². The largest absolute Gasteiger partial charge is 0.496 e. The Morgan fingerprint density at radius 3 is 2.95 bits per heavy atom. The first-order chi connectivity index (χ1) is 9.17. The van der Waals surface area contributed by atoms with Crippen LogP contribution in [0.3, 0.4) is 0 Å². The van der Waals surface area contributed by atoms with E-state index in [1.165, 1.54) is 0 Å². The third kappa shape index (κ3) is 3.01. The normalized spacial score (nSPS) is 21.3. The van der Waals surface area contributed by atoms with Gasteiger partial charge in [0.1, 0.15) is 5.75 Å². The van der Waals surface area contributed by atoms with Crippen LogP contribution in [0.25, 0.3) is 0 Å². The Balaban J connectivity index is 2.33. The van der Waals surface area contributed by atoms with Crippen molar-refractivity contribution in [2.24, 2.45) is 11.7 Å².